The van der Waals surface area contributed by atoms with E-state index in [1.54, 1.807) is 6.20 Å². The molecule has 0 aliphatic carbocycles. The molecule has 0 N–H and O–H groups in total. The predicted octanol–water partition coefficient (Wildman–Crippen LogP) is 2.78. The molecule has 1 aromatic heterocycles. The fraction of sp³-hybridized carbons (Fsp3) is 0.222. The number of rotatable bonds is 3. The molecule has 60 valence electrons. The molecule has 0 saturated carbocycles. The van der Waals surface area contributed by atoms with Crippen molar-refractivity contribution in [2.45, 2.75) is 12.8 Å². The number of aryl methyl sites for hydroxylation is 1. The van der Waals surface area contributed by atoms with Crippen LogP contribution in [0.2, 0.25) is 0 Å². The molecule has 0 amide bonds. The maximum Gasteiger partial charge on any atom is 0.0299 e. The van der Waals surface area contributed by atoms with E-state index in [-0.39, 0.29) is 17.0 Å². The van der Waals surface area contributed by atoms with E-state index in [0.717, 1.165) is 12.8 Å². The van der Waals surface area contributed by atoms with Crippen LogP contribution in [-0.2, 0) is 6.42 Å². The molecule has 0 aromatic carbocycles. The highest BCUT2D eigenvalue weighted by atomic mass is 79.9. The summed E-state index contributed by atoms with van der Waals surface area (Å²) in [6, 6.07) is 4.04. The number of hydrogen-bond donors (Lipinski definition) is 0. The number of halogens is 1. The molecular weight excluding hydrogens is 202 g/mol. The van der Waals surface area contributed by atoms with Crippen LogP contribution in [-0.4, -0.2) is 4.98 Å². The molecule has 0 unspecified atom stereocenters. The summed E-state index contributed by atoms with van der Waals surface area (Å²) in [5.74, 6) is 0. The van der Waals surface area contributed by atoms with Crippen molar-refractivity contribution < 1.29 is 0 Å². The zero-order chi connectivity index (χ0) is 7.23. The van der Waals surface area contributed by atoms with Crippen molar-refractivity contribution in [3.05, 3.63) is 42.7 Å². The Morgan fingerprint density at radius 3 is 2.91 bits per heavy atom. The lowest BCUT2D eigenvalue weighted by Crippen LogP contribution is -1.82. The van der Waals surface area contributed by atoms with Crippen molar-refractivity contribution in [2.24, 2.45) is 0 Å². The van der Waals surface area contributed by atoms with Gasteiger partial charge in [-0.05, 0) is 24.5 Å². The Balaban J connectivity index is 0.000001000. The van der Waals surface area contributed by atoms with Gasteiger partial charge < -0.3 is 0 Å². The first-order valence-electron chi connectivity index (χ1n) is 3.43. The minimum atomic E-state index is 0. The zero-order valence-electron chi connectivity index (χ0n) is 6.36. The first kappa shape index (κ1) is 10.4. The summed E-state index contributed by atoms with van der Waals surface area (Å²) in [4.78, 5) is 4.00. The van der Waals surface area contributed by atoms with E-state index >= 15 is 0 Å². The highest BCUT2D eigenvalue weighted by Gasteiger charge is 1.86. The first-order valence-corrected chi connectivity index (χ1v) is 3.43. The summed E-state index contributed by atoms with van der Waals surface area (Å²) in [5, 5.41) is 0. The first-order chi connectivity index (χ1) is 4.93. The van der Waals surface area contributed by atoms with Crippen LogP contribution < -0.4 is 0 Å². The molecule has 1 nitrogen and oxygen atoms in total. The molecule has 1 rings (SSSR count). The van der Waals surface area contributed by atoms with Crippen LogP contribution in [0.4, 0.5) is 0 Å². The zero-order valence-corrected chi connectivity index (χ0v) is 8.08. The second kappa shape index (κ2) is 6.10. The minimum Gasteiger partial charge on any atom is -0.264 e. The molecule has 0 fully saturated rings. The third-order valence-electron chi connectivity index (χ3n) is 1.36. The topological polar surface area (TPSA) is 12.9 Å². The van der Waals surface area contributed by atoms with Crippen LogP contribution in [0, 0.1) is 0 Å². The van der Waals surface area contributed by atoms with Gasteiger partial charge in [-0.25, -0.2) is 0 Å². The molecule has 1 heterocycles. The van der Waals surface area contributed by atoms with Gasteiger partial charge in [-0.3, -0.25) is 4.98 Å². The molecule has 0 aliphatic rings. The summed E-state index contributed by atoms with van der Waals surface area (Å²) in [5.41, 5.74) is 1.28. The van der Waals surface area contributed by atoms with E-state index < -0.39 is 0 Å². The third-order valence-corrected chi connectivity index (χ3v) is 1.36. The van der Waals surface area contributed by atoms with Crippen LogP contribution in [0.1, 0.15) is 12.0 Å². The van der Waals surface area contributed by atoms with E-state index in [4.69, 9.17) is 0 Å². The average Bonchev–Trinajstić information content (AvgIpc) is 2.03. The largest absolute Gasteiger partial charge is 0.264 e. The fourth-order valence-corrected chi connectivity index (χ4v) is 0.815. The molecule has 0 atom stereocenters. The Hall–Kier alpha value is -0.630. The normalized spacial score (nSPS) is 8.36. The van der Waals surface area contributed by atoms with Gasteiger partial charge in [0.2, 0.25) is 0 Å². The van der Waals surface area contributed by atoms with E-state index in [1.807, 2.05) is 18.3 Å². The van der Waals surface area contributed by atoms with E-state index in [0.29, 0.717) is 0 Å². The number of allylic oxidation sites excluding steroid dienone is 1. The molecule has 11 heavy (non-hydrogen) atoms. The third kappa shape index (κ3) is 3.94. The fourth-order valence-electron chi connectivity index (χ4n) is 0.815. The maximum atomic E-state index is 4.00. The van der Waals surface area contributed by atoms with E-state index in [1.165, 1.54) is 5.56 Å². The minimum absolute atomic E-state index is 0. The maximum absolute atomic E-state index is 4.00. The molecule has 0 aliphatic heterocycles. The van der Waals surface area contributed by atoms with E-state index in [2.05, 4.69) is 17.6 Å². The van der Waals surface area contributed by atoms with Gasteiger partial charge in [-0.1, -0.05) is 12.1 Å². The quantitative estimate of drug-likeness (QED) is 0.705. The van der Waals surface area contributed by atoms with Gasteiger partial charge >= 0.3 is 0 Å². The molecule has 0 radical (unpaired) electrons. The van der Waals surface area contributed by atoms with Gasteiger partial charge in [0.25, 0.3) is 0 Å². The molecule has 0 bridgehead atoms. The van der Waals surface area contributed by atoms with Gasteiger partial charge in [0.15, 0.2) is 0 Å². The van der Waals surface area contributed by atoms with Gasteiger partial charge in [0.05, 0.1) is 0 Å². The van der Waals surface area contributed by atoms with Crippen LogP contribution in [0.3, 0.4) is 0 Å². The van der Waals surface area contributed by atoms with Crippen LogP contribution >= 0.6 is 17.0 Å². The Kier molecular flexibility index (Phi) is 5.75. The molecule has 1 aromatic rings. The van der Waals surface area contributed by atoms with Crippen molar-refractivity contribution in [3.8, 4) is 0 Å². The smallest absolute Gasteiger partial charge is 0.0299 e. The van der Waals surface area contributed by atoms with Crippen LogP contribution in [0.15, 0.2) is 37.2 Å². The van der Waals surface area contributed by atoms with E-state index in [9.17, 15) is 0 Å². The SMILES string of the molecule is Br.C=CCCc1cccnc1. The van der Waals surface area contributed by atoms with Crippen LogP contribution in [0.5, 0.6) is 0 Å². The van der Waals surface area contributed by atoms with Gasteiger partial charge in [0.1, 0.15) is 0 Å². The van der Waals surface area contributed by atoms with Crippen molar-refractivity contribution in [3.63, 3.8) is 0 Å². The number of aromatic nitrogens is 1. The lowest BCUT2D eigenvalue weighted by molar-refractivity contribution is 0.990. The Morgan fingerprint density at radius 2 is 2.36 bits per heavy atom. The standard InChI is InChI=1S/C9H11N.BrH/c1-2-3-5-9-6-4-7-10-8-9;/h2,4,6-8H,1,3,5H2;1H. The number of nitrogens with zero attached hydrogens (tertiary/aromatic N) is 1. The summed E-state index contributed by atoms with van der Waals surface area (Å²) in [7, 11) is 0. The number of hydrogen-bond acceptors (Lipinski definition) is 1. The summed E-state index contributed by atoms with van der Waals surface area (Å²) in [6.07, 6.45) is 7.69. The lowest BCUT2D eigenvalue weighted by atomic mass is 10.2. The summed E-state index contributed by atoms with van der Waals surface area (Å²) >= 11 is 0. The lowest BCUT2D eigenvalue weighted by Gasteiger charge is -1.93. The van der Waals surface area contributed by atoms with Crippen LogP contribution in [0.25, 0.3) is 0 Å². The highest BCUT2D eigenvalue weighted by Crippen LogP contribution is 1.99. The summed E-state index contributed by atoms with van der Waals surface area (Å²) < 4.78 is 0. The predicted molar refractivity (Wildman–Crippen MR) is 53.1 cm³/mol. The van der Waals surface area contributed by atoms with Crippen molar-refractivity contribution in [1.29, 1.82) is 0 Å². The molecule has 2 heteroatoms. The second-order valence-electron chi connectivity index (χ2n) is 2.19. The van der Waals surface area contributed by atoms with Gasteiger partial charge in [-0.2, -0.15) is 0 Å². The Labute approximate surface area is 77.9 Å². The Morgan fingerprint density at radius 1 is 1.55 bits per heavy atom. The average molecular weight is 214 g/mol. The molecule has 0 saturated heterocycles. The van der Waals surface area contributed by atoms with Gasteiger partial charge in [-0.15, -0.1) is 23.6 Å². The second-order valence-corrected chi connectivity index (χ2v) is 2.19. The monoisotopic (exact) mass is 213 g/mol. The molecular formula is C9H12BrN. The number of pyridine rings is 1. The van der Waals surface area contributed by atoms with Crippen molar-refractivity contribution >= 4 is 17.0 Å². The van der Waals surface area contributed by atoms with Crippen molar-refractivity contribution in [2.75, 3.05) is 0 Å². The summed E-state index contributed by atoms with van der Waals surface area (Å²) in [6.45, 7) is 3.66. The van der Waals surface area contributed by atoms with Gasteiger partial charge in [0, 0.05) is 12.4 Å². The van der Waals surface area contributed by atoms with Crippen molar-refractivity contribution in [1.82, 2.24) is 4.98 Å². The molecule has 0 spiro atoms. The highest BCUT2D eigenvalue weighted by molar-refractivity contribution is 8.93. The Bertz CT molecular complexity index is 196.